The first kappa shape index (κ1) is 13.4. The highest BCUT2D eigenvalue weighted by atomic mass is 16.7. The number of hydrogen-bond acceptors (Lipinski definition) is 4. The zero-order valence-corrected chi connectivity index (χ0v) is 9.41. The topological polar surface area (TPSA) is 44.8 Å². The van der Waals surface area contributed by atoms with E-state index in [1.54, 1.807) is 0 Å². The molecule has 1 unspecified atom stereocenters. The lowest BCUT2D eigenvalue weighted by Gasteiger charge is -2.23. The van der Waals surface area contributed by atoms with Crippen LogP contribution in [0, 0.1) is 5.92 Å². The predicted octanol–water partition coefficient (Wildman–Crippen LogP) is 1.58. The molecule has 0 aromatic heterocycles. The van der Waals surface area contributed by atoms with Crippen molar-refractivity contribution >= 4 is 5.97 Å². The zero-order valence-electron chi connectivity index (χ0n) is 9.41. The van der Waals surface area contributed by atoms with Gasteiger partial charge in [0.15, 0.2) is 6.29 Å². The minimum Gasteiger partial charge on any atom is -0.469 e. The number of hydrogen-bond donors (Lipinski definition) is 0. The minimum atomic E-state index is -0.484. The van der Waals surface area contributed by atoms with E-state index < -0.39 is 6.29 Å². The Morgan fingerprint density at radius 2 is 1.64 bits per heavy atom. The Hall–Kier alpha value is -0.610. The Morgan fingerprint density at radius 1 is 1.14 bits per heavy atom. The van der Waals surface area contributed by atoms with Crippen LogP contribution in [0.15, 0.2) is 0 Å². The molecule has 0 saturated carbocycles. The van der Waals surface area contributed by atoms with Crippen LogP contribution in [0.3, 0.4) is 0 Å². The van der Waals surface area contributed by atoms with Crippen molar-refractivity contribution in [1.82, 2.24) is 0 Å². The van der Waals surface area contributed by atoms with Gasteiger partial charge in [-0.1, -0.05) is 6.92 Å². The summed E-state index contributed by atoms with van der Waals surface area (Å²) in [6.45, 7) is 6.70. The molecule has 0 aliphatic rings. The summed E-state index contributed by atoms with van der Waals surface area (Å²) in [6.07, 6.45) is 0.166. The molecule has 0 aromatic carbocycles. The number of ether oxygens (including phenoxy) is 3. The summed E-state index contributed by atoms with van der Waals surface area (Å²) in [5.74, 6) is -0.612. The molecule has 0 aromatic rings. The highest BCUT2D eigenvalue weighted by Crippen LogP contribution is 2.15. The molecule has 0 radical (unpaired) electrons. The van der Waals surface area contributed by atoms with Gasteiger partial charge in [-0.25, -0.2) is 0 Å². The van der Waals surface area contributed by atoms with E-state index in [4.69, 9.17) is 9.47 Å². The van der Waals surface area contributed by atoms with Crippen LogP contribution in [-0.4, -0.2) is 32.6 Å². The largest absolute Gasteiger partial charge is 0.469 e. The lowest BCUT2D eigenvalue weighted by atomic mass is 10.1. The predicted molar refractivity (Wildman–Crippen MR) is 52.8 cm³/mol. The molecule has 4 nitrogen and oxygen atoms in total. The van der Waals surface area contributed by atoms with Gasteiger partial charge in [-0.2, -0.15) is 0 Å². The van der Waals surface area contributed by atoms with Crippen LogP contribution in [0.4, 0.5) is 0 Å². The van der Waals surface area contributed by atoms with Crippen LogP contribution >= 0.6 is 0 Å². The molecule has 0 N–H and O–H groups in total. The lowest BCUT2D eigenvalue weighted by molar-refractivity contribution is -0.188. The van der Waals surface area contributed by atoms with Gasteiger partial charge in [-0.15, -0.1) is 0 Å². The third kappa shape index (κ3) is 4.07. The van der Waals surface area contributed by atoms with Crippen LogP contribution in [0.5, 0.6) is 0 Å². The lowest BCUT2D eigenvalue weighted by Crippen LogP contribution is -2.33. The SMILES string of the molecule is CCOC(OCC)C(CC)C(=O)OC. The molecule has 4 heteroatoms. The Labute approximate surface area is 85.5 Å². The molecule has 0 heterocycles. The molecular weight excluding hydrogens is 184 g/mol. The number of carbonyl (C=O) groups excluding carboxylic acids is 1. The van der Waals surface area contributed by atoms with E-state index in [9.17, 15) is 4.79 Å². The molecule has 0 aliphatic heterocycles. The summed E-state index contributed by atoms with van der Waals surface area (Å²) < 4.78 is 15.3. The Morgan fingerprint density at radius 3 is 1.93 bits per heavy atom. The third-order valence-electron chi connectivity index (χ3n) is 1.93. The van der Waals surface area contributed by atoms with Gasteiger partial charge in [0.1, 0.15) is 5.92 Å². The number of methoxy groups -OCH3 is 1. The molecule has 0 aliphatic carbocycles. The molecule has 0 amide bonds. The Balaban J connectivity index is 4.31. The van der Waals surface area contributed by atoms with Crippen molar-refractivity contribution in [3.05, 3.63) is 0 Å². The van der Waals surface area contributed by atoms with E-state index in [0.29, 0.717) is 19.6 Å². The Kier molecular flexibility index (Phi) is 7.42. The molecule has 1 atom stereocenters. The first-order valence-corrected chi connectivity index (χ1v) is 5.02. The van der Waals surface area contributed by atoms with Crippen molar-refractivity contribution in [3.63, 3.8) is 0 Å². The van der Waals surface area contributed by atoms with Crippen molar-refractivity contribution in [3.8, 4) is 0 Å². The number of esters is 1. The second-order valence-corrected chi connectivity index (χ2v) is 2.82. The van der Waals surface area contributed by atoms with Crippen LogP contribution in [0.1, 0.15) is 27.2 Å². The highest BCUT2D eigenvalue weighted by molar-refractivity contribution is 5.72. The maximum atomic E-state index is 11.4. The quantitative estimate of drug-likeness (QED) is 0.466. The standard InChI is InChI=1S/C10H20O4/c1-5-8(9(11)12-4)10(13-6-2)14-7-3/h8,10H,5-7H2,1-4H3. The van der Waals surface area contributed by atoms with Gasteiger partial charge in [0.05, 0.1) is 7.11 Å². The maximum absolute atomic E-state index is 11.4. The van der Waals surface area contributed by atoms with Gasteiger partial charge in [-0.3, -0.25) is 4.79 Å². The minimum absolute atomic E-state index is 0.278. The van der Waals surface area contributed by atoms with Crippen molar-refractivity contribution in [2.75, 3.05) is 20.3 Å². The summed E-state index contributed by atoms with van der Waals surface area (Å²) in [5, 5.41) is 0. The second kappa shape index (κ2) is 7.76. The van der Waals surface area contributed by atoms with Gasteiger partial charge < -0.3 is 14.2 Å². The third-order valence-corrected chi connectivity index (χ3v) is 1.93. The highest BCUT2D eigenvalue weighted by Gasteiger charge is 2.28. The summed E-state index contributed by atoms with van der Waals surface area (Å²) in [4.78, 5) is 11.4. The summed E-state index contributed by atoms with van der Waals surface area (Å²) in [6, 6.07) is 0. The molecule has 0 rings (SSSR count). The first-order chi connectivity index (χ1) is 6.71. The molecule has 0 spiro atoms. The summed E-state index contributed by atoms with van der Waals surface area (Å²) >= 11 is 0. The van der Waals surface area contributed by atoms with Crippen LogP contribution in [-0.2, 0) is 19.0 Å². The maximum Gasteiger partial charge on any atom is 0.313 e. The van der Waals surface area contributed by atoms with E-state index in [1.807, 2.05) is 20.8 Å². The van der Waals surface area contributed by atoms with Gasteiger partial charge in [0, 0.05) is 13.2 Å². The fraction of sp³-hybridized carbons (Fsp3) is 0.900. The smallest absolute Gasteiger partial charge is 0.313 e. The Bertz CT molecular complexity index is 152. The average molecular weight is 204 g/mol. The second-order valence-electron chi connectivity index (χ2n) is 2.82. The number of carbonyl (C=O) groups is 1. The van der Waals surface area contributed by atoms with Gasteiger partial charge in [0.2, 0.25) is 0 Å². The van der Waals surface area contributed by atoms with Crippen molar-refractivity contribution < 1.29 is 19.0 Å². The molecule has 84 valence electrons. The fourth-order valence-electron chi connectivity index (χ4n) is 1.23. The van der Waals surface area contributed by atoms with Gasteiger partial charge in [0.25, 0.3) is 0 Å². The van der Waals surface area contributed by atoms with Crippen molar-refractivity contribution in [1.29, 1.82) is 0 Å². The van der Waals surface area contributed by atoms with E-state index in [2.05, 4.69) is 4.74 Å². The van der Waals surface area contributed by atoms with E-state index in [-0.39, 0.29) is 11.9 Å². The molecule has 0 bridgehead atoms. The van der Waals surface area contributed by atoms with Crippen LogP contribution < -0.4 is 0 Å². The van der Waals surface area contributed by atoms with Crippen LogP contribution in [0.25, 0.3) is 0 Å². The number of rotatable bonds is 7. The fourth-order valence-corrected chi connectivity index (χ4v) is 1.23. The van der Waals surface area contributed by atoms with E-state index >= 15 is 0 Å². The zero-order chi connectivity index (χ0) is 11.0. The van der Waals surface area contributed by atoms with E-state index in [0.717, 1.165) is 0 Å². The molecule has 0 fully saturated rings. The first-order valence-electron chi connectivity index (χ1n) is 5.02. The van der Waals surface area contributed by atoms with Crippen LogP contribution in [0.2, 0.25) is 0 Å². The van der Waals surface area contributed by atoms with E-state index in [1.165, 1.54) is 7.11 Å². The van der Waals surface area contributed by atoms with Crippen molar-refractivity contribution in [2.24, 2.45) is 5.92 Å². The molecule has 0 saturated heterocycles. The monoisotopic (exact) mass is 204 g/mol. The van der Waals surface area contributed by atoms with Gasteiger partial charge >= 0.3 is 5.97 Å². The summed E-state index contributed by atoms with van der Waals surface area (Å²) in [5.41, 5.74) is 0. The normalized spacial score (nSPS) is 12.9. The molecular formula is C10H20O4. The average Bonchev–Trinajstić information content (AvgIpc) is 2.19. The summed E-state index contributed by atoms with van der Waals surface area (Å²) in [7, 11) is 1.37. The van der Waals surface area contributed by atoms with Gasteiger partial charge in [-0.05, 0) is 20.3 Å². The molecule has 14 heavy (non-hydrogen) atoms. The van der Waals surface area contributed by atoms with Crippen molar-refractivity contribution in [2.45, 2.75) is 33.5 Å².